The molecule has 0 saturated heterocycles. The maximum atomic E-state index is 11.7. The van der Waals surface area contributed by atoms with E-state index >= 15 is 0 Å². The zero-order chi connectivity index (χ0) is 12.2. The van der Waals surface area contributed by atoms with Gasteiger partial charge in [0.2, 0.25) is 5.91 Å². The standard InChI is InChI=1S/C11H19NO4/c1-11(7-16-2,6-9(13)14)12-10(15)8-4-3-5-8/h8H,3-7H2,1-2H3,(H,12,15)(H,13,14). The number of aliphatic carboxylic acids is 1. The average Bonchev–Trinajstić information content (AvgIpc) is 1.96. The number of carboxylic acids is 1. The average molecular weight is 229 g/mol. The van der Waals surface area contributed by atoms with E-state index in [1.807, 2.05) is 0 Å². The van der Waals surface area contributed by atoms with Crippen molar-refractivity contribution < 1.29 is 19.4 Å². The summed E-state index contributed by atoms with van der Waals surface area (Å²) < 4.78 is 4.96. The van der Waals surface area contributed by atoms with Gasteiger partial charge in [-0.3, -0.25) is 9.59 Å². The SMILES string of the molecule is COCC(C)(CC(=O)O)NC(=O)C1CCC1. The van der Waals surface area contributed by atoms with Crippen LogP contribution in [-0.4, -0.2) is 36.2 Å². The Morgan fingerprint density at radius 2 is 2.12 bits per heavy atom. The number of hydrogen-bond donors (Lipinski definition) is 2. The number of rotatable bonds is 6. The van der Waals surface area contributed by atoms with Crippen molar-refractivity contribution in [2.75, 3.05) is 13.7 Å². The number of methoxy groups -OCH3 is 1. The third kappa shape index (κ3) is 3.48. The Morgan fingerprint density at radius 1 is 1.50 bits per heavy atom. The summed E-state index contributed by atoms with van der Waals surface area (Å²) in [4.78, 5) is 22.5. The van der Waals surface area contributed by atoms with Crippen LogP contribution in [0.15, 0.2) is 0 Å². The summed E-state index contributed by atoms with van der Waals surface area (Å²) in [6, 6.07) is 0. The molecule has 2 N–H and O–H groups in total. The number of nitrogens with one attached hydrogen (secondary N) is 1. The van der Waals surface area contributed by atoms with E-state index in [1.165, 1.54) is 7.11 Å². The molecule has 1 rings (SSSR count). The summed E-state index contributed by atoms with van der Waals surface area (Å²) in [6.45, 7) is 1.90. The molecule has 1 saturated carbocycles. The number of carbonyl (C=O) groups excluding carboxylic acids is 1. The van der Waals surface area contributed by atoms with Crippen molar-refractivity contribution in [3.63, 3.8) is 0 Å². The highest BCUT2D eigenvalue weighted by atomic mass is 16.5. The molecule has 0 spiro atoms. The monoisotopic (exact) mass is 229 g/mol. The molecule has 1 aliphatic rings. The first-order chi connectivity index (χ1) is 7.47. The quantitative estimate of drug-likeness (QED) is 0.705. The predicted molar refractivity (Wildman–Crippen MR) is 58.0 cm³/mol. The van der Waals surface area contributed by atoms with Gasteiger partial charge in [0.25, 0.3) is 0 Å². The highest BCUT2D eigenvalue weighted by Crippen LogP contribution is 2.27. The molecule has 0 radical (unpaired) electrons. The smallest absolute Gasteiger partial charge is 0.305 e. The van der Waals surface area contributed by atoms with Crippen molar-refractivity contribution in [3.05, 3.63) is 0 Å². The fraction of sp³-hybridized carbons (Fsp3) is 0.818. The number of hydrogen-bond acceptors (Lipinski definition) is 3. The Bertz CT molecular complexity index is 275. The summed E-state index contributed by atoms with van der Waals surface area (Å²) in [7, 11) is 1.50. The Kier molecular flexibility index (Phi) is 4.29. The second kappa shape index (κ2) is 5.30. The molecule has 1 fully saturated rings. The van der Waals surface area contributed by atoms with E-state index in [1.54, 1.807) is 6.92 Å². The summed E-state index contributed by atoms with van der Waals surface area (Å²) in [6.07, 6.45) is 2.77. The topological polar surface area (TPSA) is 75.6 Å². The molecule has 1 aliphatic carbocycles. The van der Waals surface area contributed by atoms with Gasteiger partial charge in [-0.25, -0.2) is 0 Å². The zero-order valence-corrected chi connectivity index (χ0v) is 9.78. The largest absolute Gasteiger partial charge is 0.481 e. The van der Waals surface area contributed by atoms with E-state index in [2.05, 4.69) is 5.32 Å². The van der Waals surface area contributed by atoms with Crippen LogP contribution in [0.1, 0.15) is 32.6 Å². The first-order valence-corrected chi connectivity index (χ1v) is 5.49. The van der Waals surface area contributed by atoms with Crippen LogP contribution in [0.25, 0.3) is 0 Å². The lowest BCUT2D eigenvalue weighted by atomic mass is 9.84. The predicted octanol–water partition coefficient (Wildman–Crippen LogP) is 0.782. The van der Waals surface area contributed by atoms with Gasteiger partial charge in [-0.1, -0.05) is 6.42 Å². The molecule has 1 atom stereocenters. The van der Waals surface area contributed by atoms with Gasteiger partial charge < -0.3 is 15.2 Å². The Balaban J connectivity index is 2.54. The maximum Gasteiger partial charge on any atom is 0.305 e. The molecule has 16 heavy (non-hydrogen) atoms. The van der Waals surface area contributed by atoms with E-state index in [0.29, 0.717) is 0 Å². The van der Waals surface area contributed by atoms with Gasteiger partial charge in [0, 0.05) is 13.0 Å². The summed E-state index contributed by atoms with van der Waals surface area (Å²) >= 11 is 0. The molecule has 0 aliphatic heterocycles. The van der Waals surface area contributed by atoms with Gasteiger partial charge >= 0.3 is 5.97 Å². The normalized spacial score (nSPS) is 19.6. The molecule has 1 amide bonds. The van der Waals surface area contributed by atoms with Crippen LogP contribution in [-0.2, 0) is 14.3 Å². The summed E-state index contributed by atoms with van der Waals surface area (Å²) in [5.41, 5.74) is -0.812. The molecule has 0 aromatic rings. The first kappa shape index (κ1) is 13.0. The Labute approximate surface area is 95.2 Å². The fourth-order valence-electron chi connectivity index (χ4n) is 1.85. The lowest BCUT2D eigenvalue weighted by Crippen LogP contribution is -2.53. The minimum atomic E-state index is -0.937. The highest BCUT2D eigenvalue weighted by Gasteiger charge is 2.33. The lowest BCUT2D eigenvalue weighted by molar-refractivity contribution is -0.140. The van der Waals surface area contributed by atoms with Crippen LogP contribution < -0.4 is 5.32 Å². The van der Waals surface area contributed by atoms with Crippen molar-refractivity contribution in [1.82, 2.24) is 5.32 Å². The molecule has 5 heteroatoms. The van der Waals surface area contributed by atoms with E-state index in [-0.39, 0.29) is 24.9 Å². The van der Waals surface area contributed by atoms with Gasteiger partial charge in [-0.15, -0.1) is 0 Å². The number of carboxylic acid groups (broad SMARTS) is 1. The number of amides is 1. The van der Waals surface area contributed by atoms with Crippen LogP contribution >= 0.6 is 0 Å². The van der Waals surface area contributed by atoms with E-state index in [4.69, 9.17) is 9.84 Å². The molecule has 0 bridgehead atoms. The van der Waals surface area contributed by atoms with Crippen LogP contribution in [0.4, 0.5) is 0 Å². The third-order valence-corrected chi connectivity index (χ3v) is 2.91. The molecule has 0 aromatic carbocycles. The van der Waals surface area contributed by atoms with Gasteiger partial charge in [0.05, 0.1) is 18.6 Å². The van der Waals surface area contributed by atoms with Crippen molar-refractivity contribution in [1.29, 1.82) is 0 Å². The molecule has 0 aromatic heterocycles. The van der Waals surface area contributed by atoms with E-state index < -0.39 is 11.5 Å². The number of carbonyl (C=O) groups is 2. The summed E-state index contributed by atoms with van der Waals surface area (Å²) in [5, 5.41) is 11.6. The van der Waals surface area contributed by atoms with Crippen molar-refractivity contribution in [2.45, 2.75) is 38.1 Å². The van der Waals surface area contributed by atoms with E-state index in [0.717, 1.165) is 19.3 Å². The van der Waals surface area contributed by atoms with E-state index in [9.17, 15) is 9.59 Å². The number of ether oxygens (including phenoxy) is 1. The molecular weight excluding hydrogens is 210 g/mol. The first-order valence-electron chi connectivity index (χ1n) is 5.49. The van der Waals surface area contributed by atoms with Gasteiger partial charge in [-0.05, 0) is 19.8 Å². The van der Waals surface area contributed by atoms with Crippen LogP contribution in [0, 0.1) is 5.92 Å². The maximum absolute atomic E-state index is 11.7. The minimum absolute atomic E-state index is 0.0490. The Morgan fingerprint density at radius 3 is 2.50 bits per heavy atom. The van der Waals surface area contributed by atoms with Gasteiger partial charge in [0.15, 0.2) is 0 Å². The van der Waals surface area contributed by atoms with Crippen LogP contribution in [0.5, 0.6) is 0 Å². The fourth-order valence-corrected chi connectivity index (χ4v) is 1.85. The van der Waals surface area contributed by atoms with Gasteiger partial charge in [-0.2, -0.15) is 0 Å². The van der Waals surface area contributed by atoms with Crippen molar-refractivity contribution in [3.8, 4) is 0 Å². The lowest BCUT2D eigenvalue weighted by Gasteiger charge is -2.33. The highest BCUT2D eigenvalue weighted by molar-refractivity contribution is 5.81. The second-order valence-corrected chi connectivity index (χ2v) is 4.68. The van der Waals surface area contributed by atoms with Gasteiger partial charge in [0.1, 0.15) is 0 Å². The molecular formula is C11H19NO4. The molecule has 0 heterocycles. The zero-order valence-electron chi connectivity index (χ0n) is 9.78. The molecule has 5 nitrogen and oxygen atoms in total. The third-order valence-electron chi connectivity index (χ3n) is 2.91. The molecule has 1 unspecified atom stereocenters. The van der Waals surface area contributed by atoms with Crippen LogP contribution in [0.2, 0.25) is 0 Å². The Hall–Kier alpha value is -1.10. The van der Waals surface area contributed by atoms with Crippen LogP contribution in [0.3, 0.4) is 0 Å². The second-order valence-electron chi connectivity index (χ2n) is 4.68. The minimum Gasteiger partial charge on any atom is -0.481 e. The van der Waals surface area contributed by atoms with Crippen molar-refractivity contribution in [2.24, 2.45) is 5.92 Å². The molecule has 92 valence electrons. The summed E-state index contributed by atoms with van der Waals surface area (Å²) in [5.74, 6) is -0.925. The van der Waals surface area contributed by atoms with Crippen molar-refractivity contribution >= 4 is 11.9 Å².